The van der Waals surface area contributed by atoms with Gasteiger partial charge in [-0.15, -0.1) is 11.8 Å². The maximum absolute atomic E-state index is 13.6. The van der Waals surface area contributed by atoms with Crippen molar-refractivity contribution in [1.82, 2.24) is 15.1 Å². The van der Waals surface area contributed by atoms with Gasteiger partial charge < -0.3 is 10.2 Å². The van der Waals surface area contributed by atoms with Crippen LogP contribution in [-0.2, 0) is 16.1 Å². The maximum Gasteiger partial charge on any atom is 0.327 e. The summed E-state index contributed by atoms with van der Waals surface area (Å²) in [6, 6.07) is 5.94. The Labute approximate surface area is 207 Å². The number of benzene rings is 1. The molecule has 0 radical (unpaired) electrons. The summed E-state index contributed by atoms with van der Waals surface area (Å²) in [5.74, 6) is 0.404. The summed E-state index contributed by atoms with van der Waals surface area (Å²) in [4.78, 5) is 42.7. The average Bonchev–Trinajstić information content (AvgIpc) is 3.32. The highest BCUT2D eigenvalue weighted by Gasteiger charge is 2.47. The van der Waals surface area contributed by atoms with E-state index in [0.717, 1.165) is 56.2 Å². The van der Waals surface area contributed by atoms with E-state index in [2.05, 4.69) is 44.3 Å². The second-order valence-corrected chi connectivity index (χ2v) is 11.1. The molecule has 2 unspecified atom stereocenters. The first kappa shape index (κ1) is 24.8. The first-order valence-corrected chi connectivity index (χ1v) is 13.6. The lowest BCUT2D eigenvalue weighted by Crippen LogP contribution is -2.62. The molecule has 4 amide bonds. The first-order chi connectivity index (χ1) is 16.4. The van der Waals surface area contributed by atoms with E-state index in [1.54, 1.807) is 0 Å². The van der Waals surface area contributed by atoms with Crippen LogP contribution in [-0.4, -0.2) is 52.0 Å². The maximum atomic E-state index is 13.6. The topological polar surface area (TPSA) is 69.7 Å². The Kier molecular flexibility index (Phi) is 8.02. The molecule has 2 atom stereocenters. The Morgan fingerprint density at radius 1 is 1.15 bits per heavy atom. The second-order valence-electron chi connectivity index (χ2n) is 10.0. The molecule has 1 aromatic carbocycles. The van der Waals surface area contributed by atoms with Crippen LogP contribution in [0.4, 0.5) is 4.79 Å². The quantitative estimate of drug-likeness (QED) is 0.540. The number of hydrogen-bond donors (Lipinski definition) is 1. The molecule has 184 valence electrons. The zero-order valence-corrected chi connectivity index (χ0v) is 21.4. The molecule has 1 aliphatic carbocycles. The number of nitrogens with zero attached hydrogens (tertiary/aromatic N) is 2. The van der Waals surface area contributed by atoms with E-state index in [-0.39, 0.29) is 41.0 Å². The molecule has 2 fully saturated rings. The summed E-state index contributed by atoms with van der Waals surface area (Å²) in [5.41, 5.74) is 3.45. The van der Waals surface area contributed by atoms with Crippen LogP contribution in [0, 0.1) is 25.7 Å². The number of carbonyl (C=O) groups excluding carboxylic acids is 3. The largest absolute Gasteiger partial charge is 0.356 e. The van der Waals surface area contributed by atoms with Crippen LogP contribution >= 0.6 is 11.8 Å². The van der Waals surface area contributed by atoms with Gasteiger partial charge in [0.25, 0.3) is 0 Å². The molecule has 1 aromatic rings. The monoisotopic (exact) mass is 483 g/mol. The number of aryl methyl sites for hydroxylation is 2. The van der Waals surface area contributed by atoms with E-state index >= 15 is 0 Å². The third-order valence-electron chi connectivity index (χ3n) is 7.49. The van der Waals surface area contributed by atoms with E-state index in [9.17, 15) is 14.4 Å². The van der Waals surface area contributed by atoms with Gasteiger partial charge in [0, 0.05) is 25.6 Å². The van der Waals surface area contributed by atoms with Gasteiger partial charge in [0.15, 0.2) is 0 Å². The highest BCUT2D eigenvalue weighted by atomic mass is 32.2. The van der Waals surface area contributed by atoms with Crippen molar-refractivity contribution in [1.29, 1.82) is 0 Å². The molecule has 7 heteroatoms. The Balaban J connectivity index is 1.41. The number of hydrogen-bond acceptors (Lipinski definition) is 4. The average molecular weight is 484 g/mol. The molecule has 0 aromatic heterocycles. The van der Waals surface area contributed by atoms with Crippen molar-refractivity contribution in [3.8, 4) is 0 Å². The lowest BCUT2D eigenvalue weighted by atomic mass is 9.81. The van der Waals surface area contributed by atoms with E-state index in [4.69, 9.17) is 0 Å². The van der Waals surface area contributed by atoms with Crippen molar-refractivity contribution in [3.05, 3.63) is 46.4 Å². The third-order valence-corrected chi connectivity index (χ3v) is 8.58. The van der Waals surface area contributed by atoms with Gasteiger partial charge in [-0.25, -0.2) is 4.79 Å². The minimum absolute atomic E-state index is 0.0561. The minimum atomic E-state index is -0.261. The fraction of sp³-hybridized carbons (Fsp3) is 0.593. The Morgan fingerprint density at radius 3 is 2.65 bits per heavy atom. The van der Waals surface area contributed by atoms with Gasteiger partial charge in [-0.1, -0.05) is 43.2 Å². The predicted molar refractivity (Wildman–Crippen MR) is 136 cm³/mol. The van der Waals surface area contributed by atoms with Crippen molar-refractivity contribution >= 4 is 29.6 Å². The SMILES string of the molecule is CCCCNC(=O)C1CCC(CN2C(=O)C3SC=CC3N(Cc3cc(C)ccc3C)C2=O)CC1. The molecule has 1 saturated heterocycles. The lowest BCUT2D eigenvalue weighted by Gasteiger charge is -2.43. The number of thioether (sulfide) groups is 1. The number of urea groups is 1. The van der Waals surface area contributed by atoms with Crippen LogP contribution < -0.4 is 5.32 Å². The highest BCUT2D eigenvalue weighted by molar-refractivity contribution is 8.03. The fourth-order valence-corrected chi connectivity index (χ4v) is 6.35. The molecular formula is C27H37N3O3S. The number of rotatable bonds is 8. The predicted octanol–water partition coefficient (Wildman–Crippen LogP) is 4.79. The van der Waals surface area contributed by atoms with E-state index < -0.39 is 0 Å². The number of carbonyl (C=O) groups is 3. The van der Waals surface area contributed by atoms with Crippen LogP contribution in [0.1, 0.15) is 62.1 Å². The summed E-state index contributed by atoms with van der Waals surface area (Å²) in [7, 11) is 0. The van der Waals surface area contributed by atoms with Gasteiger partial charge in [-0.3, -0.25) is 14.5 Å². The molecule has 0 bridgehead atoms. The lowest BCUT2D eigenvalue weighted by molar-refractivity contribution is -0.132. The second kappa shape index (κ2) is 11.0. The molecule has 4 rings (SSSR count). The molecule has 2 aliphatic heterocycles. The van der Waals surface area contributed by atoms with Gasteiger partial charge in [-0.2, -0.15) is 0 Å². The van der Waals surface area contributed by atoms with Gasteiger partial charge in [0.1, 0.15) is 5.25 Å². The van der Waals surface area contributed by atoms with Crippen molar-refractivity contribution in [2.75, 3.05) is 13.1 Å². The highest BCUT2D eigenvalue weighted by Crippen LogP contribution is 2.37. The number of unbranched alkanes of at least 4 members (excludes halogenated alkanes) is 1. The molecule has 1 saturated carbocycles. The Hall–Kier alpha value is -2.28. The van der Waals surface area contributed by atoms with Crippen LogP contribution in [0.25, 0.3) is 0 Å². The summed E-state index contributed by atoms with van der Waals surface area (Å²) < 4.78 is 0. The molecule has 3 aliphatic rings. The number of fused-ring (bicyclic) bond motifs is 1. The Morgan fingerprint density at radius 2 is 1.91 bits per heavy atom. The summed E-state index contributed by atoms with van der Waals surface area (Å²) >= 11 is 1.52. The molecule has 6 nitrogen and oxygen atoms in total. The molecule has 2 heterocycles. The summed E-state index contributed by atoms with van der Waals surface area (Å²) in [6.07, 6.45) is 7.48. The van der Waals surface area contributed by atoms with Crippen LogP contribution in [0.5, 0.6) is 0 Å². The molecule has 34 heavy (non-hydrogen) atoms. The minimum Gasteiger partial charge on any atom is -0.356 e. The summed E-state index contributed by atoms with van der Waals surface area (Å²) in [5, 5.41) is 4.75. The number of imide groups is 1. The van der Waals surface area contributed by atoms with Gasteiger partial charge >= 0.3 is 6.03 Å². The zero-order valence-electron chi connectivity index (χ0n) is 20.6. The normalized spacial score (nSPS) is 26.7. The van der Waals surface area contributed by atoms with Gasteiger partial charge in [0.2, 0.25) is 11.8 Å². The Bertz CT molecular complexity index is 954. The zero-order chi connectivity index (χ0) is 24.2. The van der Waals surface area contributed by atoms with E-state index in [0.29, 0.717) is 13.1 Å². The van der Waals surface area contributed by atoms with Crippen LogP contribution in [0.15, 0.2) is 29.7 Å². The van der Waals surface area contributed by atoms with Crippen LogP contribution in [0.2, 0.25) is 0 Å². The third kappa shape index (κ3) is 5.35. The summed E-state index contributed by atoms with van der Waals surface area (Å²) in [6.45, 7) is 7.95. The van der Waals surface area contributed by atoms with E-state index in [1.165, 1.54) is 22.2 Å². The fourth-order valence-electron chi connectivity index (χ4n) is 5.29. The van der Waals surface area contributed by atoms with Crippen molar-refractivity contribution in [2.24, 2.45) is 11.8 Å². The van der Waals surface area contributed by atoms with Crippen molar-refractivity contribution < 1.29 is 14.4 Å². The number of nitrogens with one attached hydrogen (secondary N) is 1. The van der Waals surface area contributed by atoms with Gasteiger partial charge in [0.05, 0.1) is 6.04 Å². The smallest absolute Gasteiger partial charge is 0.327 e. The van der Waals surface area contributed by atoms with Crippen molar-refractivity contribution in [2.45, 2.75) is 77.1 Å². The van der Waals surface area contributed by atoms with E-state index in [1.807, 2.05) is 16.4 Å². The molecule has 0 spiro atoms. The molecule has 1 N–H and O–H groups in total. The standard InChI is InChI=1S/C27H37N3O3S/c1-4-5-13-28-25(31)21-10-8-20(9-11-21)16-30-26(32)24-23(12-14-34-24)29(27(30)33)17-22-15-18(2)6-7-19(22)3/h6-7,12,14-15,20-21,23-24H,4-5,8-11,13,16-17H2,1-3H3,(H,28,31). The number of amides is 4. The first-order valence-electron chi connectivity index (χ1n) is 12.7. The van der Waals surface area contributed by atoms with Crippen LogP contribution in [0.3, 0.4) is 0 Å². The van der Waals surface area contributed by atoms with Crippen molar-refractivity contribution in [3.63, 3.8) is 0 Å². The molecular weight excluding hydrogens is 446 g/mol. The van der Waals surface area contributed by atoms with Gasteiger partial charge in [-0.05, 0) is 68.4 Å².